The van der Waals surface area contributed by atoms with E-state index in [-0.39, 0.29) is 11.4 Å². The molecule has 26 heavy (non-hydrogen) atoms. The lowest BCUT2D eigenvalue weighted by molar-refractivity contribution is -0.131. The lowest BCUT2D eigenvalue weighted by Gasteiger charge is -2.06. The molecule has 0 unspecified atom stereocenters. The number of rotatable bonds is 7. The van der Waals surface area contributed by atoms with Gasteiger partial charge in [0.15, 0.2) is 5.65 Å². The first kappa shape index (κ1) is 17.8. The maximum absolute atomic E-state index is 12.3. The molecule has 134 valence electrons. The Labute approximate surface area is 149 Å². The van der Waals surface area contributed by atoms with E-state index in [1.54, 1.807) is 16.5 Å². The summed E-state index contributed by atoms with van der Waals surface area (Å²) in [5.74, 6) is -0.401. The van der Waals surface area contributed by atoms with Crippen molar-refractivity contribution in [3.05, 3.63) is 66.1 Å². The van der Waals surface area contributed by atoms with Gasteiger partial charge in [0.25, 0.3) is 0 Å². The highest BCUT2D eigenvalue weighted by Gasteiger charge is 2.14. The summed E-state index contributed by atoms with van der Waals surface area (Å²) in [7, 11) is -3.66. The molecular formula is C17H16N4O4S. The summed E-state index contributed by atoms with van der Waals surface area (Å²) in [5.41, 5.74) is 1.30. The van der Waals surface area contributed by atoms with Gasteiger partial charge in [-0.15, -0.1) is 10.2 Å². The molecule has 0 saturated carbocycles. The summed E-state index contributed by atoms with van der Waals surface area (Å²) in [5, 5.41) is 16.7. The van der Waals surface area contributed by atoms with Crippen molar-refractivity contribution in [2.24, 2.45) is 0 Å². The van der Waals surface area contributed by atoms with Crippen LogP contribution >= 0.6 is 0 Å². The molecule has 0 saturated heterocycles. The minimum atomic E-state index is -3.66. The maximum Gasteiger partial charge on any atom is 0.328 e. The predicted octanol–water partition coefficient (Wildman–Crippen LogP) is 1.35. The van der Waals surface area contributed by atoms with Crippen LogP contribution in [-0.4, -0.2) is 40.6 Å². The standard InChI is InChI=1S/C17H16N4O4S/c22-17(23)9-6-13-4-7-14(8-5-13)26(24,25)18-11-10-16-20-19-15-3-1-2-12-21(15)16/h1-9,12,18H,10-11H2,(H,22,23). The van der Waals surface area contributed by atoms with Gasteiger partial charge in [-0.1, -0.05) is 18.2 Å². The third-order valence-corrected chi connectivity index (χ3v) is 5.11. The molecule has 0 bridgehead atoms. The van der Waals surface area contributed by atoms with E-state index in [1.807, 2.05) is 24.4 Å². The van der Waals surface area contributed by atoms with Gasteiger partial charge in [-0.2, -0.15) is 0 Å². The van der Waals surface area contributed by atoms with Gasteiger partial charge in [0.05, 0.1) is 4.90 Å². The number of nitrogens with one attached hydrogen (secondary N) is 1. The number of fused-ring (bicyclic) bond motifs is 1. The van der Waals surface area contributed by atoms with E-state index < -0.39 is 16.0 Å². The van der Waals surface area contributed by atoms with Crippen molar-refractivity contribution in [2.75, 3.05) is 6.54 Å². The summed E-state index contributed by atoms with van der Waals surface area (Å²) >= 11 is 0. The van der Waals surface area contributed by atoms with Crippen molar-refractivity contribution in [1.29, 1.82) is 0 Å². The summed E-state index contributed by atoms with van der Waals surface area (Å²) in [6.07, 6.45) is 4.60. The molecule has 0 aliphatic rings. The van der Waals surface area contributed by atoms with Crippen molar-refractivity contribution in [2.45, 2.75) is 11.3 Å². The molecule has 3 aromatic rings. The second kappa shape index (κ2) is 7.46. The van der Waals surface area contributed by atoms with Gasteiger partial charge in [0.2, 0.25) is 10.0 Å². The van der Waals surface area contributed by atoms with E-state index in [4.69, 9.17) is 5.11 Å². The van der Waals surface area contributed by atoms with Crippen LogP contribution in [0.25, 0.3) is 11.7 Å². The molecule has 3 rings (SSSR count). The highest BCUT2D eigenvalue weighted by atomic mass is 32.2. The molecule has 0 aliphatic carbocycles. The number of aromatic nitrogens is 3. The SMILES string of the molecule is O=C(O)C=Cc1ccc(S(=O)(=O)NCCc2nnc3ccccn23)cc1. The number of hydrogen-bond acceptors (Lipinski definition) is 5. The van der Waals surface area contributed by atoms with Gasteiger partial charge in [0.1, 0.15) is 5.82 Å². The quantitative estimate of drug-likeness (QED) is 0.605. The monoisotopic (exact) mass is 372 g/mol. The minimum absolute atomic E-state index is 0.107. The van der Waals surface area contributed by atoms with Crippen LogP contribution in [0.15, 0.2) is 59.6 Å². The molecule has 8 nitrogen and oxygen atoms in total. The number of benzene rings is 1. The Morgan fingerprint density at radius 3 is 2.65 bits per heavy atom. The lowest BCUT2D eigenvalue weighted by atomic mass is 10.2. The second-order valence-corrected chi connectivity index (χ2v) is 7.20. The van der Waals surface area contributed by atoms with Crippen LogP contribution in [0.2, 0.25) is 0 Å². The molecular weight excluding hydrogens is 356 g/mol. The summed E-state index contributed by atoms with van der Waals surface area (Å²) in [6, 6.07) is 11.5. The van der Waals surface area contributed by atoms with Crippen molar-refractivity contribution >= 4 is 27.7 Å². The zero-order chi connectivity index (χ0) is 18.6. The van der Waals surface area contributed by atoms with Crippen LogP contribution in [-0.2, 0) is 21.2 Å². The summed E-state index contributed by atoms with van der Waals surface area (Å²) in [4.78, 5) is 10.6. The van der Waals surface area contributed by atoms with Gasteiger partial charge in [-0.3, -0.25) is 4.40 Å². The third-order valence-electron chi connectivity index (χ3n) is 3.63. The number of carboxylic acids is 1. The molecule has 0 atom stereocenters. The Kier molecular flexibility index (Phi) is 5.10. The molecule has 2 heterocycles. The van der Waals surface area contributed by atoms with E-state index in [0.29, 0.717) is 23.5 Å². The average molecular weight is 372 g/mol. The second-order valence-electron chi connectivity index (χ2n) is 5.43. The van der Waals surface area contributed by atoms with E-state index in [2.05, 4.69) is 14.9 Å². The Morgan fingerprint density at radius 1 is 1.15 bits per heavy atom. The summed E-state index contributed by atoms with van der Waals surface area (Å²) in [6.45, 7) is 0.179. The Bertz CT molecular complexity index is 1060. The Balaban J connectivity index is 1.64. The van der Waals surface area contributed by atoms with E-state index >= 15 is 0 Å². The first-order chi connectivity index (χ1) is 12.5. The lowest BCUT2D eigenvalue weighted by Crippen LogP contribution is -2.26. The fourth-order valence-electron chi connectivity index (χ4n) is 2.37. The molecule has 2 aromatic heterocycles. The molecule has 1 aromatic carbocycles. The van der Waals surface area contributed by atoms with Gasteiger partial charge < -0.3 is 5.11 Å². The Hall–Kier alpha value is -3.04. The van der Waals surface area contributed by atoms with Gasteiger partial charge >= 0.3 is 5.97 Å². The first-order valence-corrected chi connectivity index (χ1v) is 9.23. The van der Waals surface area contributed by atoms with Crippen LogP contribution in [0.1, 0.15) is 11.4 Å². The number of carboxylic acid groups (broad SMARTS) is 1. The van der Waals surface area contributed by atoms with Crippen molar-refractivity contribution in [3.63, 3.8) is 0 Å². The molecule has 2 N–H and O–H groups in total. The smallest absolute Gasteiger partial charge is 0.328 e. The average Bonchev–Trinajstić information content (AvgIpc) is 3.03. The molecule has 9 heteroatoms. The van der Waals surface area contributed by atoms with Crippen molar-refractivity contribution < 1.29 is 18.3 Å². The fourth-order valence-corrected chi connectivity index (χ4v) is 3.40. The zero-order valence-electron chi connectivity index (χ0n) is 13.6. The maximum atomic E-state index is 12.3. The number of aliphatic carboxylic acids is 1. The van der Waals surface area contributed by atoms with E-state index in [9.17, 15) is 13.2 Å². The van der Waals surface area contributed by atoms with E-state index in [0.717, 1.165) is 6.08 Å². The van der Waals surface area contributed by atoms with E-state index in [1.165, 1.54) is 18.2 Å². The molecule has 0 aliphatic heterocycles. The molecule has 0 fully saturated rings. The topological polar surface area (TPSA) is 114 Å². The van der Waals surface area contributed by atoms with Crippen molar-refractivity contribution in [3.8, 4) is 0 Å². The first-order valence-electron chi connectivity index (χ1n) is 7.75. The van der Waals surface area contributed by atoms with Crippen LogP contribution in [0, 0.1) is 0 Å². The van der Waals surface area contributed by atoms with Gasteiger partial charge in [-0.25, -0.2) is 17.9 Å². The number of hydrogen-bond donors (Lipinski definition) is 2. The van der Waals surface area contributed by atoms with Crippen LogP contribution in [0.5, 0.6) is 0 Å². The highest BCUT2D eigenvalue weighted by molar-refractivity contribution is 7.89. The molecule has 0 radical (unpaired) electrons. The number of nitrogens with zero attached hydrogens (tertiary/aromatic N) is 3. The number of sulfonamides is 1. The fraction of sp³-hybridized carbons (Fsp3) is 0.118. The van der Waals surface area contributed by atoms with Crippen LogP contribution in [0.3, 0.4) is 0 Å². The largest absolute Gasteiger partial charge is 0.478 e. The predicted molar refractivity (Wildman–Crippen MR) is 95.0 cm³/mol. The van der Waals surface area contributed by atoms with Crippen molar-refractivity contribution in [1.82, 2.24) is 19.3 Å². The number of carbonyl (C=O) groups is 1. The Morgan fingerprint density at radius 2 is 1.92 bits per heavy atom. The third kappa shape index (κ3) is 4.13. The molecule has 0 spiro atoms. The van der Waals surface area contributed by atoms with Crippen LogP contribution < -0.4 is 4.72 Å². The van der Waals surface area contributed by atoms with Gasteiger partial charge in [-0.05, 0) is 35.9 Å². The highest BCUT2D eigenvalue weighted by Crippen LogP contribution is 2.12. The zero-order valence-corrected chi connectivity index (χ0v) is 14.4. The molecule has 0 amide bonds. The minimum Gasteiger partial charge on any atom is -0.478 e. The van der Waals surface area contributed by atoms with Gasteiger partial charge in [0, 0.05) is 25.2 Å². The number of pyridine rings is 1. The van der Waals surface area contributed by atoms with Crippen LogP contribution in [0.4, 0.5) is 0 Å². The summed E-state index contributed by atoms with van der Waals surface area (Å²) < 4.78 is 29.0. The normalized spacial score (nSPS) is 12.0.